The smallest absolute Gasteiger partial charge is 0.262 e. The number of benzene rings is 1. The van der Waals surface area contributed by atoms with Crippen molar-refractivity contribution in [2.24, 2.45) is 0 Å². The number of fused-ring (bicyclic) bond motifs is 3. The number of carbonyl (C=O) groups is 1. The molecule has 1 amide bonds. The molecule has 2 aromatic heterocycles. The van der Waals surface area contributed by atoms with Crippen molar-refractivity contribution < 1.29 is 9.53 Å². The van der Waals surface area contributed by atoms with E-state index in [1.165, 1.54) is 16.9 Å². The first-order chi connectivity index (χ1) is 15.5. The Morgan fingerprint density at radius 2 is 2.06 bits per heavy atom. The van der Waals surface area contributed by atoms with Crippen molar-refractivity contribution in [1.82, 2.24) is 19.8 Å². The molecule has 170 valence electrons. The summed E-state index contributed by atoms with van der Waals surface area (Å²) < 4.78 is 7.06. The summed E-state index contributed by atoms with van der Waals surface area (Å²) in [7, 11) is 5.61. The number of thiophene rings is 1. The van der Waals surface area contributed by atoms with Crippen LogP contribution in [-0.2, 0) is 24.2 Å². The molecule has 1 N–H and O–H groups in total. The predicted molar refractivity (Wildman–Crippen MR) is 128 cm³/mol. The zero-order valence-corrected chi connectivity index (χ0v) is 19.7. The van der Waals surface area contributed by atoms with Crippen LogP contribution in [0, 0.1) is 0 Å². The maximum atomic E-state index is 13.1. The lowest BCUT2D eigenvalue weighted by molar-refractivity contribution is -0.121. The summed E-state index contributed by atoms with van der Waals surface area (Å²) >= 11 is 1.64. The van der Waals surface area contributed by atoms with Gasteiger partial charge in [0.2, 0.25) is 5.91 Å². The van der Waals surface area contributed by atoms with Crippen molar-refractivity contribution in [2.45, 2.75) is 44.7 Å². The summed E-state index contributed by atoms with van der Waals surface area (Å²) in [5, 5.41) is 3.78. The number of nitrogens with one attached hydrogen (secondary N) is 1. The molecule has 4 rings (SSSR count). The maximum Gasteiger partial charge on any atom is 0.262 e. The van der Waals surface area contributed by atoms with Gasteiger partial charge < -0.3 is 15.0 Å². The fourth-order valence-corrected chi connectivity index (χ4v) is 5.59. The second-order valence-corrected chi connectivity index (χ2v) is 9.49. The van der Waals surface area contributed by atoms with Gasteiger partial charge in [-0.15, -0.1) is 11.3 Å². The molecule has 0 radical (unpaired) electrons. The summed E-state index contributed by atoms with van der Waals surface area (Å²) in [6.45, 7) is 0.774. The Morgan fingerprint density at radius 3 is 2.84 bits per heavy atom. The molecule has 0 fully saturated rings. The summed E-state index contributed by atoms with van der Waals surface area (Å²) in [6.07, 6.45) is 6.09. The van der Waals surface area contributed by atoms with Gasteiger partial charge in [0.05, 0.1) is 24.9 Å². The Labute approximate surface area is 192 Å². The molecule has 0 aliphatic heterocycles. The van der Waals surface area contributed by atoms with E-state index >= 15 is 0 Å². The lowest BCUT2D eigenvalue weighted by Gasteiger charge is -2.26. The van der Waals surface area contributed by atoms with E-state index in [0.29, 0.717) is 13.1 Å². The molecule has 2 heterocycles. The number of hydrogen-bond donors (Lipinski definition) is 1. The minimum Gasteiger partial charge on any atom is -0.496 e. The number of carbonyl (C=O) groups excluding carboxylic acids is 1. The Hall–Kier alpha value is -2.71. The number of nitrogens with zero attached hydrogens (tertiary/aromatic N) is 3. The largest absolute Gasteiger partial charge is 0.496 e. The molecule has 7 nitrogen and oxygen atoms in total. The van der Waals surface area contributed by atoms with E-state index < -0.39 is 0 Å². The van der Waals surface area contributed by atoms with E-state index in [4.69, 9.17) is 4.74 Å². The number of aryl methyl sites for hydroxylation is 3. The van der Waals surface area contributed by atoms with Crippen LogP contribution in [0.1, 0.15) is 41.3 Å². The van der Waals surface area contributed by atoms with Crippen LogP contribution in [0.25, 0.3) is 10.2 Å². The van der Waals surface area contributed by atoms with Crippen LogP contribution in [0.3, 0.4) is 0 Å². The van der Waals surface area contributed by atoms with E-state index in [1.807, 2.05) is 38.4 Å². The average molecular weight is 455 g/mol. The zero-order chi connectivity index (χ0) is 22.7. The quantitative estimate of drug-likeness (QED) is 0.566. The third-order valence-corrected chi connectivity index (χ3v) is 7.34. The van der Waals surface area contributed by atoms with Gasteiger partial charge in [0.15, 0.2) is 0 Å². The fourth-order valence-electron chi connectivity index (χ4n) is 4.37. The first kappa shape index (κ1) is 22.5. The van der Waals surface area contributed by atoms with Gasteiger partial charge in [-0.05, 0) is 51.4 Å². The summed E-state index contributed by atoms with van der Waals surface area (Å²) in [5.74, 6) is 0.705. The van der Waals surface area contributed by atoms with Gasteiger partial charge in [-0.25, -0.2) is 4.98 Å². The van der Waals surface area contributed by atoms with Gasteiger partial charge in [0.1, 0.15) is 10.6 Å². The molecule has 1 unspecified atom stereocenters. The second kappa shape index (κ2) is 9.83. The number of likely N-dealkylation sites (N-methyl/N-ethyl adjacent to an activating group) is 1. The van der Waals surface area contributed by atoms with E-state index in [9.17, 15) is 9.59 Å². The van der Waals surface area contributed by atoms with E-state index in [0.717, 1.165) is 40.8 Å². The lowest BCUT2D eigenvalue weighted by Crippen LogP contribution is -2.35. The molecule has 0 saturated carbocycles. The van der Waals surface area contributed by atoms with E-state index in [-0.39, 0.29) is 23.9 Å². The Balaban J connectivity index is 1.42. The molecule has 0 spiro atoms. The van der Waals surface area contributed by atoms with Gasteiger partial charge in [-0.1, -0.05) is 18.2 Å². The zero-order valence-electron chi connectivity index (χ0n) is 18.9. The molecule has 0 saturated heterocycles. The third kappa shape index (κ3) is 4.56. The van der Waals surface area contributed by atoms with Crippen LogP contribution in [0.5, 0.6) is 5.75 Å². The van der Waals surface area contributed by atoms with Gasteiger partial charge in [-0.2, -0.15) is 0 Å². The molecule has 1 aliphatic carbocycles. The van der Waals surface area contributed by atoms with Gasteiger partial charge in [0.25, 0.3) is 5.56 Å². The first-order valence-electron chi connectivity index (χ1n) is 11.0. The maximum absolute atomic E-state index is 13.1. The normalized spacial score (nSPS) is 14.4. The Morgan fingerprint density at radius 1 is 1.28 bits per heavy atom. The van der Waals surface area contributed by atoms with Crippen molar-refractivity contribution in [3.05, 3.63) is 57.0 Å². The highest BCUT2D eigenvalue weighted by atomic mass is 32.1. The van der Waals surface area contributed by atoms with E-state index in [1.54, 1.807) is 29.3 Å². The summed E-state index contributed by atoms with van der Waals surface area (Å²) in [6, 6.07) is 7.81. The number of amides is 1. The Kier molecular flexibility index (Phi) is 6.91. The summed E-state index contributed by atoms with van der Waals surface area (Å²) in [5.41, 5.74) is 2.17. The number of rotatable bonds is 8. The van der Waals surface area contributed by atoms with Crippen LogP contribution < -0.4 is 15.6 Å². The van der Waals surface area contributed by atoms with Crippen LogP contribution >= 0.6 is 11.3 Å². The molecule has 0 bridgehead atoms. The predicted octanol–water partition coefficient (Wildman–Crippen LogP) is 3.15. The number of hydrogen-bond acceptors (Lipinski definition) is 6. The molecule has 1 atom stereocenters. The number of aromatic nitrogens is 2. The van der Waals surface area contributed by atoms with Crippen LogP contribution in [0.15, 0.2) is 35.4 Å². The van der Waals surface area contributed by atoms with Crippen LogP contribution in [0.4, 0.5) is 0 Å². The number of methoxy groups -OCH3 is 1. The monoisotopic (exact) mass is 454 g/mol. The topological polar surface area (TPSA) is 76.5 Å². The van der Waals surface area contributed by atoms with Gasteiger partial charge >= 0.3 is 0 Å². The van der Waals surface area contributed by atoms with Crippen LogP contribution in [0.2, 0.25) is 0 Å². The number of ether oxygens (including phenoxy) is 1. The Bertz CT molecular complexity index is 1170. The second-order valence-electron chi connectivity index (χ2n) is 8.41. The lowest BCUT2D eigenvalue weighted by atomic mass is 9.97. The summed E-state index contributed by atoms with van der Waals surface area (Å²) in [4.78, 5) is 34.4. The van der Waals surface area contributed by atoms with Crippen molar-refractivity contribution in [3.63, 3.8) is 0 Å². The van der Waals surface area contributed by atoms with E-state index in [2.05, 4.69) is 15.2 Å². The highest BCUT2D eigenvalue weighted by Gasteiger charge is 2.21. The highest BCUT2D eigenvalue weighted by Crippen LogP contribution is 2.33. The molecule has 1 aliphatic rings. The first-order valence-corrected chi connectivity index (χ1v) is 11.9. The van der Waals surface area contributed by atoms with Crippen molar-refractivity contribution in [3.8, 4) is 5.75 Å². The molecule has 3 aromatic rings. The SMILES string of the molecule is COc1ccccc1C(CNC(=O)CCn1cnc2sc3c(c2c1=O)CCCC3)N(C)C. The van der Waals surface area contributed by atoms with Crippen LogP contribution in [-0.4, -0.2) is 48.1 Å². The molecular formula is C24H30N4O3S. The van der Waals surface area contributed by atoms with Gasteiger partial charge in [0, 0.05) is 30.0 Å². The minimum absolute atomic E-state index is 0.0202. The molecule has 32 heavy (non-hydrogen) atoms. The number of para-hydroxylation sites is 1. The fraction of sp³-hybridized carbons (Fsp3) is 0.458. The average Bonchev–Trinajstić information content (AvgIpc) is 3.18. The highest BCUT2D eigenvalue weighted by molar-refractivity contribution is 7.18. The molecular weight excluding hydrogens is 424 g/mol. The van der Waals surface area contributed by atoms with Gasteiger partial charge in [-0.3, -0.25) is 14.2 Å². The molecule has 8 heteroatoms. The molecule has 1 aromatic carbocycles. The van der Waals surface area contributed by atoms with Crippen molar-refractivity contribution in [2.75, 3.05) is 27.7 Å². The van der Waals surface area contributed by atoms with Crippen molar-refractivity contribution in [1.29, 1.82) is 0 Å². The van der Waals surface area contributed by atoms with Crippen molar-refractivity contribution >= 4 is 27.5 Å². The third-order valence-electron chi connectivity index (χ3n) is 6.14. The minimum atomic E-state index is -0.0916. The standard InChI is InChI=1S/C24H30N4O3S/c1-27(2)18(16-8-4-6-10-19(16)31-3)14-25-21(29)12-13-28-15-26-23-22(24(28)30)17-9-5-7-11-20(17)32-23/h4,6,8,10,15,18H,5,7,9,11-14H2,1-3H3,(H,25,29).